The summed E-state index contributed by atoms with van der Waals surface area (Å²) in [6.45, 7) is 0.812. The molecule has 0 radical (unpaired) electrons. The molecule has 1 aromatic heterocycles. The van der Waals surface area contributed by atoms with Crippen LogP contribution in [0.25, 0.3) is 0 Å². The highest BCUT2D eigenvalue weighted by atomic mass is 35.5. The summed E-state index contributed by atoms with van der Waals surface area (Å²) in [4.78, 5) is 6.40. The third-order valence-corrected chi connectivity index (χ3v) is 4.81. The largest absolute Gasteiger partial charge is 0.342 e. The molecule has 1 aliphatic carbocycles. The van der Waals surface area contributed by atoms with Crippen molar-refractivity contribution in [3.05, 3.63) is 59.4 Å². The maximum atomic E-state index is 5.94. The lowest BCUT2D eigenvalue weighted by molar-refractivity contribution is 0.312. The number of benzene rings is 1. The fourth-order valence-electron chi connectivity index (χ4n) is 3.00. The number of pyridine rings is 1. The number of anilines is 1. The molecule has 0 bridgehead atoms. The molecule has 23 heavy (non-hydrogen) atoms. The number of thiocarbonyl (C=S) groups is 1. The molecular weight excluding hydrogens is 326 g/mol. The Morgan fingerprint density at radius 1 is 1.13 bits per heavy atom. The van der Waals surface area contributed by atoms with Crippen molar-refractivity contribution in [2.24, 2.45) is 0 Å². The minimum atomic E-state index is 0.510. The predicted molar refractivity (Wildman–Crippen MR) is 99.7 cm³/mol. The summed E-state index contributed by atoms with van der Waals surface area (Å²) in [5.41, 5.74) is 2.20. The predicted octanol–water partition coefficient (Wildman–Crippen LogP) is 4.88. The van der Waals surface area contributed by atoms with Crippen molar-refractivity contribution < 1.29 is 0 Å². The quantitative estimate of drug-likeness (QED) is 0.799. The topological polar surface area (TPSA) is 28.2 Å². The second-order valence-corrected chi connectivity index (χ2v) is 6.68. The van der Waals surface area contributed by atoms with Crippen LogP contribution in [0.15, 0.2) is 48.8 Å². The molecule has 1 heterocycles. The van der Waals surface area contributed by atoms with Gasteiger partial charge in [0, 0.05) is 35.7 Å². The molecule has 0 spiro atoms. The minimum absolute atomic E-state index is 0.510. The zero-order valence-electron chi connectivity index (χ0n) is 12.9. The van der Waals surface area contributed by atoms with Crippen LogP contribution in [0.3, 0.4) is 0 Å². The monoisotopic (exact) mass is 345 g/mol. The van der Waals surface area contributed by atoms with Gasteiger partial charge in [0.05, 0.1) is 0 Å². The van der Waals surface area contributed by atoms with Crippen LogP contribution in [-0.4, -0.2) is 21.0 Å². The number of hydrogen-bond acceptors (Lipinski definition) is 2. The lowest BCUT2D eigenvalue weighted by Crippen LogP contribution is -2.40. The Kier molecular flexibility index (Phi) is 5.47. The van der Waals surface area contributed by atoms with Crippen molar-refractivity contribution in [3.8, 4) is 0 Å². The van der Waals surface area contributed by atoms with Gasteiger partial charge in [0.1, 0.15) is 0 Å². The molecule has 0 unspecified atom stereocenters. The molecule has 1 N–H and O–H groups in total. The summed E-state index contributed by atoms with van der Waals surface area (Å²) >= 11 is 11.6. The first-order chi connectivity index (χ1) is 11.2. The van der Waals surface area contributed by atoms with Gasteiger partial charge in [-0.1, -0.05) is 24.4 Å². The molecule has 3 nitrogen and oxygen atoms in total. The van der Waals surface area contributed by atoms with Crippen molar-refractivity contribution in [1.29, 1.82) is 0 Å². The van der Waals surface area contributed by atoms with Gasteiger partial charge in [-0.3, -0.25) is 4.98 Å². The van der Waals surface area contributed by atoms with Crippen molar-refractivity contribution in [1.82, 2.24) is 9.88 Å². The van der Waals surface area contributed by atoms with Crippen LogP contribution in [0.5, 0.6) is 0 Å². The molecular formula is C18H20ClN3S. The fraction of sp³-hybridized carbons (Fsp3) is 0.333. The van der Waals surface area contributed by atoms with Crippen molar-refractivity contribution >= 4 is 34.6 Å². The molecule has 1 saturated carbocycles. The highest BCUT2D eigenvalue weighted by molar-refractivity contribution is 7.80. The summed E-state index contributed by atoms with van der Waals surface area (Å²) in [6, 6.07) is 12.3. The Bertz CT molecular complexity index is 639. The molecule has 3 rings (SSSR count). The maximum Gasteiger partial charge on any atom is 0.173 e. The number of hydrogen-bond donors (Lipinski definition) is 1. The van der Waals surface area contributed by atoms with Crippen LogP contribution in [0.2, 0.25) is 5.02 Å². The normalized spacial score (nSPS) is 14.7. The summed E-state index contributed by atoms with van der Waals surface area (Å²) < 4.78 is 0. The van der Waals surface area contributed by atoms with Gasteiger partial charge in [-0.25, -0.2) is 0 Å². The average molecular weight is 346 g/mol. The molecule has 2 aromatic rings. The maximum absolute atomic E-state index is 5.94. The molecule has 0 atom stereocenters. The zero-order valence-corrected chi connectivity index (χ0v) is 14.5. The van der Waals surface area contributed by atoms with Gasteiger partial charge < -0.3 is 10.2 Å². The smallest absolute Gasteiger partial charge is 0.173 e. The molecule has 120 valence electrons. The standard InChI is InChI=1S/C18H20ClN3S/c19-15-5-7-16(8-6-15)21-18(23)22(17-3-1-2-4-17)13-14-9-11-20-12-10-14/h5-12,17H,1-4,13H2,(H,21,23). The van der Waals surface area contributed by atoms with Crippen LogP contribution in [0.4, 0.5) is 5.69 Å². The van der Waals surface area contributed by atoms with E-state index in [4.69, 9.17) is 23.8 Å². The van der Waals surface area contributed by atoms with E-state index in [0.29, 0.717) is 6.04 Å². The van der Waals surface area contributed by atoms with Crippen molar-refractivity contribution in [2.45, 2.75) is 38.3 Å². The third-order valence-electron chi connectivity index (χ3n) is 4.22. The first-order valence-corrected chi connectivity index (χ1v) is 8.73. The molecule has 0 amide bonds. The van der Waals surface area contributed by atoms with Crippen LogP contribution in [0.1, 0.15) is 31.2 Å². The Hall–Kier alpha value is -1.65. The molecule has 1 aromatic carbocycles. The van der Waals surface area contributed by atoms with Gasteiger partial charge in [0.2, 0.25) is 0 Å². The summed E-state index contributed by atoms with van der Waals surface area (Å²) in [5.74, 6) is 0. The van der Waals surface area contributed by atoms with E-state index in [1.807, 2.05) is 48.8 Å². The molecule has 0 aliphatic heterocycles. The highest BCUT2D eigenvalue weighted by Gasteiger charge is 2.24. The lowest BCUT2D eigenvalue weighted by Gasteiger charge is -2.32. The van der Waals surface area contributed by atoms with E-state index < -0.39 is 0 Å². The van der Waals surface area contributed by atoms with Gasteiger partial charge in [-0.2, -0.15) is 0 Å². The Morgan fingerprint density at radius 2 is 1.78 bits per heavy atom. The number of halogens is 1. The van der Waals surface area contributed by atoms with E-state index in [2.05, 4.69) is 15.2 Å². The van der Waals surface area contributed by atoms with E-state index >= 15 is 0 Å². The van der Waals surface area contributed by atoms with Crippen LogP contribution in [-0.2, 0) is 6.54 Å². The first-order valence-electron chi connectivity index (χ1n) is 7.94. The molecule has 1 fully saturated rings. The van der Waals surface area contributed by atoms with Crippen LogP contribution in [0, 0.1) is 0 Å². The Labute approximate surface area is 147 Å². The summed E-state index contributed by atoms with van der Waals surface area (Å²) in [5, 5.41) is 4.85. The van der Waals surface area contributed by atoms with Gasteiger partial charge in [0.25, 0.3) is 0 Å². The summed E-state index contributed by atoms with van der Waals surface area (Å²) in [6.07, 6.45) is 8.62. The molecule has 1 aliphatic rings. The molecule has 0 saturated heterocycles. The second-order valence-electron chi connectivity index (χ2n) is 5.86. The number of nitrogens with one attached hydrogen (secondary N) is 1. The minimum Gasteiger partial charge on any atom is -0.342 e. The van der Waals surface area contributed by atoms with Crippen LogP contribution >= 0.6 is 23.8 Å². The van der Waals surface area contributed by atoms with Crippen molar-refractivity contribution in [2.75, 3.05) is 5.32 Å². The van der Waals surface area contributed by atoms with Gasteiger partial charge in [-0.15, -0.1) is 0 Å². The number of rotatable bonds is 4. The van der Waals surface area contributed by atoms with E-state index in [-0.39, 0.29) is 0 Å². The molecule has 5 heteroatoms. The number of aromatic nitrogens is 1. The Morgan fingerprint density at radius 3 is 2.43 bits per heavy atom. The highest BCUT2D eigenvalue weighted by Crippen LogP contribution is 2.26. The van der Waals surface area contributed by atoms with Crippen molar-refractivity contribution in [3.63, 3.8) is 0 Å². The Balaban J connectivity index is 1.73. The fourth-order valence-corrected chi connectivity index (χ4v) is 3.45. The van der Waals surface area contributed by atoms with Gasteiger partial charge in [0.15, 0.2) is 5.11 Å². The first kappa shape index (κ1) is 16.2. The van der Waals surface area contributed by atoms with Gasteiger partial charge in [-0.05, 0) is 67.0 Å². The summed E-state index contributed by atoms with van der Waals surface area (Å²) in [7, 11) is 0. The lowest BCUT2D eigenvalue weighted by atomic mass is 10.2. The van der Waals surface area contributed by atoms with Gasteiger partial charge >= 0.3 is 0 Å². The van der Waals surface area contributed by atoms with E-state index in [1.165, 1.54) is 31.2 Å². The van der Waals surface area contributed by atoms with E-state index in [1.54, 1.807) is 0 Å². The SMILES string of the molecule is S=C(Nc1ccc(Cl)cc1)N(Cc1ccncc1)C1CCCC1. The third kappa shape index (κ3) is 4.43. The zero-order chi connectivity index (χ0) is 16.1. The number of nitrogens with zero attached hydrogens (tertiary/aromatic N) is 2. The van der Waals surface area contributed by atoms with Crippen LogP contribution < -0.4 is 5.32 Å². The average Bonchev–Trinajstić information content (AvgIpc) is 3.10. The van der Waals surface area contributed by atoms with E-state index in [0.717, 1.165) is 22.4 Å². The second kappa shape index (κ2) is 7.75. The van der Waals surface area contributed by atoms with E-state index in [9.17, 15) is 0 Å².